The zero-order valence-corrected chi connectivity index (χ0v) is 18.5. The molecule has 8 heteroatoms. The number of ether oxygens (including phenoxy) is 4. The summed E-state index contributed by atoms with van der Waals surface area (Å²) in [5.41, 5.74) is 1.32. The zero-order valence-electron chi connectivity index (χ0n) is 17.7. The summed E-state index contributed by atoms with van der Waals surface area (Å²) in [5.74, 6) is 0.935. The smallest absolute Gasteiger partial charge is 0.344 e. The van der Waals surface area contributed by atoms with E-state index in [0.29, 0.717) is 38.4 Å². The highest BCUT2D eigenvalue weighted by Crippen LogP contribution is 2.42. The minimum Gasteiger partial charge on any atom is -0.506 e. The van der Waals surface area contributed by atoms with Crippen molar-refractivity contribution in [2.75, 3.05) is 27.9 Å². The van der Waals surface area contributed by atoms with Crippen LogP contribution >= 0.6 is 11.8 Å². The van der Waals surface area contributed by atoms with Crippen molar-refractivity contribution in [3.63, 3.8) is 0 Å². The molecule has 1 aliphatic rings. The van der Waals surface area contributed by atoms with Gasteiger partial charge in [-0.25, -0.2) is 9.79 Å². The molecule has 1 heterocycles. The first-order chi connectivity index (χ1) is 15.0. The summed E-state index contributed by atoms with van der Waals surface area (Å²) in [6.45, 7) is 1.88. The predicted molar refractivity (Wildman–Crippen MR) is 121 cm³/mol. The molecule has 0 amide bonds. The number of aliphatic imine (C=N–C) groups is 1. The Labute approximate surface area is 185 Å². The lowest BCUT2D eigenvalue weighted by atomic mass is 10.1. The van der Waals surface area contributed by atoms with Crippen LogP contribution < -0.4 is 14.2 Å². The number of thioether (sulfide) groups is 1. The first kappa shape index (κ1) is 22.3. The molecule has 31 heavy (non-hydrogen) atoms. The minimum atomic E-state index is -0.638. The highest BCUT2D eigenvalue weighted by atomic mass is 32.2. The van der Waals surface area contributed by atoms with Gasteiger partial charge < -0.3 is 24.1 Å². The van der Waals surface area contributed by atoms with Crippen LogP contribution in [0.5, 0.6) is 17.2 Å². The zero-order chi connectivity index (χ0) is 22.4. The number of carbonyl (C=O) groups is 1. The number of nitrogens with zero attached hydrogens (tertiary/aromatic N) is 1. The lowest BCUT2D eigenvalue weighted by molar-refractivity contribution is -0.138. The van der Waals surface area contributed by atoms with Crippen molar-refractivity contribution >= 4 is 34.5 Å². The molecule has 3 rings (SSSR count). The maximum absolute atomic E-state index is 12.6. The van der Waals surface area contributed by atoms with Crippen molar-refractivity contribution in [1.82, 2.24) is 0 Å². The highest BCUT2D eigenvalue weighted by Gasteiger charge is 2.33. The fourth-order valence-corrected chi connectivity index (χ4v) is 3.96. The number of para-hydroxylation sites is 1. The van der Waals surface area contributed by atoms with Crippen LogP contribution in [-0.2, 0) is 9.53 Å². The van der Waals surface area contributed by atoms with Gasteiger partial charge in [0.1, 0.15) is 22.1 Å². The summed E-state index contributed by atoms with van der Waals surface area (Å²) in [5, 5.41) is 11.2. The van der Waals surface area contributed by atoms with E-state index < -0.39 is 5.97 Å². The van der Waals surface area contributed by atoms with Crippen LogP contribution in [0.4, 0.5) is 5.69 Å². The molecule has 2 aromatic rings. The van der Waals surface area contributed by atoms with Crippen LogP contribution in [0.25, 0.3) is 6.08 Å². The molecule has 7 nitrogen and oxygen atoms in total. The SMILES string of the molecule is CCOC(=O)C1=C(O)/C(=C/c2cccc(OC)c2OC)SC1=Nc1ccc(OC)cc1. The third kappa shape index (κ3) is 4.86. The number of aliphatic hydroxyl groups excluding tert-OH is 1. The van der Waals surface area contributed by atoms with Crippen molar-refractivity contribution in [2.45, 2.75) is 6.92 Å². The molecule has 0 bridgehead atoms. The van der Waals surface area contributed by atoms with Gasteiger partial charge in [0.25, 0.3) is 0 Å². The normalized spacial score (nSPS) is 16.0. The van der Waals surface area contributed by atoms with Crippen LogP contribution in [-0.4, -0.2) is 44.1 Å². The molecule has 1 N–H and O–H groups in total. The second kappa shape index (κ2) is 10.1. The second-order valence-electron chi connectivity index (χ2n) is 6.25. The Kier molecular flexibility index (Phi) is 7.25. The molecule has 162 valence electrons. The van der Waals surface area contributed by atoms with Crippen LogP contribution in [0.1, 0.15) is 12.5 Å². The fourth-order valence-electron chi connectivity index (χ4n) is 2.93. The maximum atomic E-state index is 12.6. The number of benzene rings is 2. The Hall–Kier alpha value is -3.39. The van der Waals surface area contributed by atoms with E-state index in [1.807, 2.05) is 12.1 Å². The number of hydrogen-bond acceptors (Lipinski definition) is 8. The van der Waals surface area contributed by atoms with Crippen molar-refractivity contribution in [2.24, 2.45) is 4.99 Å². The van der Waals surface area contributed by atoms with Gasteiger partial charge in [-0.1, -0.05) is 23.9 Å². The van der Waals surface area contributed by atoms with Crippen molar-refractivity contribution in [3.05, 3.63) is 64.3 Å². The van der Waals surface area contributed by atoms with Crippen molar-refractivity contribution < 1.29 is 28.8 Å². The molecule has 0 atom stereocenters. The molecule has 0 aliphatic carbocycles. The average molecular weight is 442 g/mol. The quantitative estimate of drug-likeness (QED) is 0.611. The van der Waals surface area contributed by atoms with Gasteiger partial charge in [-0.3, -0.25) is 0 Å². The van der Waals surface area contributed by atoms with Gasteiger partial charge in [-0.2, -0.15) is 0 Å². The Morgan fingerprint density at radius 2 is 1.81 bits per heavy atom. The molecule has 0 saturated carbocycles. The average Bonchev–Trinajstić information content (AvgIpc) is 3.08. The lowest BCUT2D eigenvalue weighted by Gasteiger charge is -2.10. The molecule has 0 spiro atoms. The number of rotatable bonds is 7. The highest BCUT2D eigenvalue weighted by molar-refractivity contribution is 8.18. The third-order valence-electron chi connectivity index (χ3n) is 4.39. The molecule has 1 aliphatic heterocycles. The summed E-state index contributed by atoms with van der Waals surface area (Å²) >= 11 is 1.17. The van der Waals surface area contributed by atoms with E-state index in [1.165, 1.54) is 18.9 Å². The minimum absolute atomic E-state index is 0.0239. The van der Waals surface area contributed by atoms with E-state index in [-0.39, 0.29) is 17.9 Å². The summed E-state index contributed by atoms with van der Waals surface area (Å²) in [7, 11) is 4.67. The van der Waals surface area contributed by atoms with E-state index in [4.69, 9.17) is 18.9 Å². The Balaban J connectivity index is 2.06. The van der Waals surface area contributed by atoms with E-state index in [2.05, 4.69) is 4.99 Å². The van der Waals surface area contributed by atoms with Crippen LogP contribution in [0.3, 0.4) is 0 Å². The summed E-state index contributed by atoms with van der Waals surface area (Å²) in [6, 6.07) is 12.5. The second-order valence-corrected chi connectivity index (χ2v) is 7.28. The van der Waals surface area contributed by atoms with Gasteiger partial charge in [0.2, 0.25) is 0 Å². The molecule has 0 unspecified atom stereocenters. The first-order valence-corrected chi connectivity index (χ1v) is 10.3. The monoisotopic (exact) mass is 441 g/mol. The lowest BCUT2D eigenvalue weighted by Crippen LogP contribution is -2.12. The first-order valence-electron chi connectivity index (χ1n) is 9.46. The van der Waals surface area contributed by atoms with Gasteiger partial charge >= 0.3 is 5.97 Å². The molecule has 0 radical (unpaired) electrons. The molecular weight excluding hydrogens is 418 g/mol. The molecular formula is C23H23NO6S. The Morgan fingerprint density at radius 1 is 1.06 bits per heavy atom. The Bertz CT molecular complexity index is 1060. The van der Waals surface area contributed by atoms with E-state index >= 15 is 0 Å². The maximum Gasteiger partial charge on any atom is 0.344 e. The fraction of sp³-hybridized carbons (Fsp3) is 0.217. The van der Waals surface area contributed by atoms with Crippen LogP contribution in [0.15, 0.2) is 63.7 Å². The van der Waals surface area contributed by atoms with Gasteiger partial charge in [-0.05, 0) is 43.3 Å². The number of carbonyl (C=O) groups excluding carboxylic acids is 1. The molecule has 0 aromatic heterocycles. The molecule has 0 saturated heterocycles. The van der Waals surface area contributed by atoms with Crippen molar-refractivity contribution in [1.29, 1.82) is 0 Å². The topological polar surface area (TPSA) is 86.6 Å². The van der Waals surface area contributed by atoms with Crippen molar-refractivity contribution in [3.8, 4) is 17.2 Å². The standard InChI is InChI=1S/C23H23NO6S/c1-5-30-23(26)19-20(25)18(13-14-7-6-8-17(28-3)21(14)29-4)31-22(19)24-15-9-11-16(27-2)12-10-15/h6-13,25H,5H2,1-4H3/b18-13-,24-22?. The third-order valence-corrected chi connectivity index (χ3v) is 5.41. The van der Waals surface area contributed by atoms with Gasteiger partial charge in [0.05, 0.1) is 38.5 Å². The van der Waals surface area contributed by atoms with E-state index in [9.17, 15) is 9.90 Å². The summed E-state index contributed by atoms with van der Waals surface area (Å²) in [4.78, 5) is 17.5. The number of esters is 1. The van der Waals surface area contributed by atoms with Crippen LogP contribution in [0.2, 0.25) is 0 Å². The Morgan fingerprint density at radius 3 is 2.42 bits per heavy atom. The van der Waals surface area contributed by atoms with E-state index in [1.54, 1.807) is 57.6 Å². The summed E-state index contributed by atoms with van der Waals surface area (Å²) in [6.07, 6.45) is 1.72. The number of hydrogen-bond donors (Lipinski definition) is 1. The summed E-state index contributed by atoms with van der Waals surface area (Å²) < 4.78 is 21.1. The van der Waals surface area contributed by atoms with Gasteiger partial charge in [-0.15, -0.1) is 0 Å². The van der Waals surface area contributed by atoms with E-state index in [0.717, 1.165) is 0 Å². The largest absolute Gasteiger partial charge is 0.506 e. The molecule has 2 aromatic carbocycles. The predicted octanol–water partition coefficient (Wildman–Crippen LogP) is 4.91. The number of aliphatic hydroxyl groups is 1. The molecule has 0 fully saturated rings. The van der Waals surface area contributed by atoms with Crippen LogP contribution in [0, 0.1) is 0 Å². The van der Waals surface area contributed by atoms with Gasteiger partial charge in [0.15, 0.2) is 11.5 Å². The van der Waals surface area contributed by atoms with Gasteiger partial charge in [0, 0.05) is 5.56 Å². The number of methoxy groups -OCH3 is 3.